The Hall–Kier alpha value is -2.10. The second-order valence-corrected chi connectivity index (χ2v) is 3.78. The number of hydrogen-bond donors (Lipinski definition) is 2. The van der Waals surface area contributed by atoms with Crippen molar-refractivity contribution < 1.29 is 0 Å². The van der Waals surface area contributed by atoms with Crippen LogP contribution in [0.5, 0.6) is 0 Å². The third kappa shape index (κ3) is 2.72. The van der Waals surface area contributed by atoms with Gasteiger partial charge >= 0.3 is 0 Å². The van der Waals surface area contributed by atoms with Crippen LogP contribution in [0, 0.1) is 0 Å². The van der Waals surface area contributed by atoms with Crippen LogP contribution in [0.4, 0.5) is 0 Å². The Bertz CT molecular complexity index is 528. The third-order valence-electron chi connectivity index (χ3n) is 2.66. The van der Waals surface area contributed by atoms with Crippen molar-refractivity contribution in [1.29, 1.82) is 0 Å². The average Bonchev–Trinajstić information content (AvgIpc) is 2.39. The number of nitrogens with zero attached hydrogens (tertiary/aromatic N) is 2. The van der Waals surface area contributed by atoms with E-state index < -0.39 is 0 Å². The second kappa shape index (κ2) is 5.30. The highest BCUT2D eigenvalue weighted by molar-refractivity contribution is 5.81. The first kappa shape index (κ1) is 11.4. The Morgan fingerprint density at radius 2 is 2.18 bits per heavy atom. The summed E-state index contributed by atoms with van der Waals surface area (Å²) >= 11 is 0. The predicted octanol–water partition coefficient (Wildman–Crippen LogP) is 1.31. The first-order valence-corrected chi connectivity index (χ1v) is 5.60. The minimum Gasteiger partial charge on any atom is -0.370 e. The lowest BCUT2D eigenvalue weighted by molar-refractivity contribution is 0.859. The maximum atomic E-state index is 5.57. The van der Waals surface area contributed by atoms with Crippen molar-refractivity contribution in [2.24, 2.45) is 10.7 Å². The van der Waals surface area contributed by atoms with Gasteiger partial charge in [-0.15, -0.1) is 0 Å². The standard InChI is InChI=1S/C13H16N4/c1-15-13(14)17-9-7-11-5-2-4-10-6-3-8-16-12(10)11/h2-6,8H,7,9H2,1H3,(H3,14,15,17). The fraction of sp³-hybridized carbons (Fsp3) is 0.231. The number of fused-ring (bicyclic) bond motifs is 1. The third-order valence-corrected chi connectivity index (χ3v) is 2.66. The summed E-state index contributed by atoms with van der Waals surface area (Å²) in [6.45, 7) is 0.763. The highest BCUT2D eigenvalue weighted by Gasteiger charge is 2.01. The fourth-order valence-corrected chi connectivity index (χ4v) is 1.77. The molecule has 2 rings (SSSR count). The highest BCUT2D eigenvalue weighted by atomic mass is 15.1. The van der Waals surface area contributed by atoms with Crippen LogP contribution in [0.1, 0.15) is 5.56 Å². The van der Waals surface area contributed by atoms with E-state index in [0.717, 1.165) is 18.5 Å². The number of rotatable bonds is 3. The average molecular weight is 228 g/mol. The summed E-state index contributed by atoms with van der Waals surface area (Å²) in [7, 11) is 1.67. The number of guanidine groups is 1. The van der Waals surface area contributed by atoms with E-state index in [4.69, 9.17) is 5.73 Å². The molecule has 3 N–H and O–H groups in total. The molecule has 4 heteroatoms. The molecule has 1 aromatic heterocycles. The molecule has 0 amide bonds. The van der Waals surface area contributed by atoms with Gasteiger partial charge in [0.05, 0.1) is 5.52 Å². The number of benzene rings is 1. The van der Waals surface area contributed by atoms with E-state index in [0.29, 0.717) is 5.96 Å². The first-order valence-electron chi connectivity index (χ1n) is 5.60. The topological polar surface area (TPSA) is 63.3 Å². The normalized spacial score (nSPS) is 11.7. The zero-order chi connectivity index (χ0) is 12.1. The predicted molar refractivity (Wildman–Crippen MR) is 71.0 cm³/mol. The molecule has 0 unspecified atom stereocenters. The molecule has 88 valence electrons. The van der Waals surface area contributed by atoms with Gasteiger partial charge in [-0.2, -0.15) is 0 Å². The summed E-state index contributed by atoms with van der Waals surface area (Å²) in [6, 6.07) is 10.2. The van der Waals surface area contributed by atoms with Crippen LogP contribution < -0.4 is 11.1 Å². The van der Waals surface area contributed by atoms with Crippen LogP contribution in [-0.4, -0.2) is 24.5 Å². The molecule has 0 spiro atoms. The van der Waals surface area contributed by atoms with E-state index in [-0.39, 0.29) is 0 Å². The van der Waals surface area contributed by atoms with Crippen molar-refractivity contribution in [3.05, 3.63) is 42.1 Å². The van der Waals surface area contributed by atoms with Gasteiger partial charge in [0.1, 0.15) is 0 Å². The second-order valence-electron chi connectivity index (χ2n) is 3.78. The molecular weight excluding hydrogens is 212 g/mol. The van der Waals surface area contributed by atoms with Crippen molar-refractivity contribution in [2.75, 3.05) is 13.6 Å². The lowest BCUT2D eigenvalue weighted by Gasteiger charge is -2.07. The van der Waals surface area contributed by atoms with Crippen LogP contribution in [0.3, 0.4) is 0 Å². The summed E-state index contributed by atoms with van der Waals surface area (Å²) in [5.74, 6) is 0.471. The molecule has 0 saturated heterocycles. The highest BCUT2D eigenvalue weighted by Crippen LogP contribution is 2.15. The van der Waals surface area contributed by atoms with Crippen LogP contribution in [0.25, 0.3) is 10.9 Å². The van der Waals surface area contributed by atoms with Gasteiger partial charge in [0.15, 0.2) is 5.96 Å². The van der Waals surface area contributed by atoms with Gasteiger partial charge in [0, 0.05) is 25.2 Å². The summed E-state index contributed by atoms with van der Waals surface area (Å²) in [5, 5.41) is 4.21. The molecule has 0 atom stereocenters. The summed E-state index contributed by atoms with van der Waals surface area (Å²) in [6.07, 6.45) is 2.70. The zero-order valence-electron chi connectivity index (χ0n) is 9.85. The Balaban J connectivity index is 2.13. The van der Waals surface area contributed by atoms with Crippen LogP contribution >= 0.6 is 0 Å². The molecular formula is C13H16N4. The van der Waals surface area contributed by atoms with Crippen LogP contribution in [0.2, 0.25) is 0 Å². The van der Waals surface area contributed by atoms with Crippen LogP contribution in [-0.2, 0) is 6.42 Å². The van der Waals surface area contributed by atoms with Gasteiger partial charge in [-0.05, 0) is 18.1 Å². The van der Waals surface area contributed by atoms with Gasteiger partial charge < -0.3 is 11.1 Å². The molecule has 0 aliphatic rings. The van der Waals surface area contributed by atoms with E-state index in [1.54, 1.807) is 7.05 Å². The van der Waals surface area contributed by atoms with Crippen molar-refractivity contribution >= 4 is 16.9 Å². The molecule has 17 heavy (non-hydrogen) atoms. The monoisotopic (exact) mass is 228 g/mol. The number of hydrogen-bond acceptors (Lipinski definition) is 2. The quantitative estimate of drug-likeness (QED) is 0.615. The van der Waals surface area contributed by atoms with Gasteiger partial charge in [-0.1, -0.05) is 24.3 Å². The SMILES string of the molecule is CN=C(N)NCCc1cccc2cccnc12. The maximum absolute atomic E-state index is 5.57. The van der Waals surface area contributed by atoms with E-state index in [1.807, 2.05) is 12.3 Å². The number of aliphatic imine (C=N–C) groups is 1. The summed E-state index contributed by atoms with van der Waals surface area (Å²) < 4.78 is 0. The Morgan fingerprint density at radius 1 is 1.35 bits per heavy atom. The Labute approximate surface area is 101 Å². The number of nitrogens with one attached hydrogen (secondary N) is 1. The number of nitrogens with two attached hydrogens (primary N) is 1. The smallest absolute Gasteiger partial charge is 0.188 e. The van der Waals surface area contributed by atoms with Gasteiger partial charge in [0.2, 0.25) is 0 Å². The van der Waals surface area contributed by atoms with Crippen LogP contribution in [0.15, 0.2) is 41.5 Å². The molecule has 0 aliphatic heterocycles. The lowest BCUT2D eigenvalue weighted by atomic mass is 10.1. The molecule has 0 bridgehead atoms. The molecule has 0 fully saturated rings. The molecule has 1 aromatic carbocycles. The summed E-state index contributed by atoms with van der Waals surface area (Å²) in [5.41, 5.74) is 7.85. The van der Waals surface area contributed by atoms with E-state index in [1.165, 1.54) is 10.9 Å². The van der Waals surface area contributed by atoms with Gasteiger partial charge in [0.25, 0.3) is 0 Å². The minimum atomic E-state index is 0.471. The molecule has 0 aliphatic carbocycles. The molecule has 0 radical (unpaired) electrons. The van der Waals surface area contributed by atoms with Crippen molar-refractivity contribution in [1.82, 2.24) is 10.3 Å². The molecule has 4 nitrogen and oxygen atoms in total. The lowest BCUT2D eigenvalue weighted by Crippen LogP contribution is -2.32. The maximum Gasteiger partial charge on any atom is 0.188 e. The molecule has 2 aromatic rings. The number of aromatic nitrogens is 1. The summed E-state index contributed by atoms with van der Waals surface area (Å²) in [4.78, 5) is 8.26. The largest absolute Gasteiger partial charge is 0.370 e. The first-order chi connectivity index (χ1) is 8.31. The molecule has 0 saturated carbocycles. The van der Waals surface area contributed by atoms with E-state index in [9.17, 15) is 0 Å². The number of pyridine rings is 1. The van der Waals surface area contributed by atoms with E-state index >= 15 is 0 Å². The van der Waals surface area contributed by atoms with E-state index in [2.05, 4.69) is 39.6 Å². The molecule has 1 heterocycles. The van der Waals surface area contributed by atoms with Gasteiger partial charge in [-0.25, -0.2) is 0 Å². The minimum absolute atomic E-state index is 0.471. The Morgan fingerprint density at radius 3 is 3.00 bits per heavy atom. The van der Waals surface area contributed by atoms with Crippen molar-refractivity contribution in [2.45, 2.75) is 6.42 Å². The fourth-order valence-electron chi connectivity index (χ4n) is 1.77. The van der Waals surface area contributed by atoms with Gasteiger partial charge in [-0.3, -0.25) is 9.98 Å². The zero-order valence-corrected chi connectivity index (χ0v) is 9.85. The Kier molecular flexibility index (Phi) is 3.55. The van der Waals surface area contributed by atoms with Crippen molar-refractivity contribution in [3.8, 4) is 0 Å². The number of para-hydroxylation sites is 1. The van der Waals surface area contributed by atoms with Crippen molar-refractivity contribution in [3.63, 3.8) is 0 Å².